The number of anilines is 3. The minimum absolute atomic E-state index is 0.748. The topological polar surface area (TPSA) is 31.6 Å². The Morgan fingerprint density at radius 3 is 1.16 bits per heavy atom. The van der Waals surface area contributed by atoms with Gasteiger partial charge in [0.05, 0.1) is 39.1 Å². The van der Waals surface area contributed by atoms with Crippen LogP contribution in [0.1, 0.15) is 0 Å². The summed E-state index contributed by atoms with van der Waals surface area (Å²) < 4.78 is 18.3. The van der Waals surface area contributed by atoms with Gasteiger partial charge in [-0.25, -0.2) is 0 Å². The Morgan fingerprint density at radius 1 is 0.221 bits per heavy atom. The second kappa shape index (κ2) is 17.1. The van der Waals surface area contributed by atoms with E-state index in [0.717, 1.165) is 90.2 Å². The summed E-state index contributed by atoms with van der Waals surface area (Å²) in [6, 6.07) is 98.4. The molecular formula is C72H45N3O2. The maximum atomic E-state index is 6.74. The molecule has 5 heteroatoms. The van der Waals surface area contributed by atoms with Crippen molar-refractivity contribution in [1.82, 2.24) is 9.13 Å². The predicted octanol–water partition coefficient (Wildman–Crippen LogP) is 19.9. The summed E-state index contributed by atoms with van der Waals surface area (Å²) in [6.07, 6.45) is 0. The number of aromatic nitrogens is 2. The van der Waals surface area contributed by atoms with Gasteiger partial charge in [0.2, 0.25) is 0 Å². The zero-order valence-electron chi connectivity index (χ0n) is 41.6. The van der Waals surface area contributed by atoms with Gasteiger partial charge in [0.15, 0.2) is 23.0 Å². The molecule has 16 rings (SSSR count). The first-order chi connectivity index (χ1) is 38.1. The van der Waals surface area contributed by atoms with E-state index in [1.54, 1.807) is 0 Å². The van der Waals surface area contributed by atoms with Crippen LogP contribution in [-0.4, -0.2) is 9.13 Å². The normalized spacial score (nSPS) is 12.3. The van der Waals surface area contributed by atoms with Crippen LogP contribution in [0.3, 0.4) is 0 Å². The van der Waals surface area contributed by atoms with Gasteiger partial charge in [-0.1, -0.05) is 164 Å². The second-order valence-electron chi connectivity index (χ2n) is 20.1. The summed E-state index contributed by atoms with van der Waals surface area (Å²) in [5.74, 6) is 3.10. The number of hydrogen-bond donors (Lipinski definition) is 0. The average molecular weight is 984 g/mol. The molecule has 12 aromatic carbocycles. The van der Waals surface area contributed by atoms with Gasteiger partial charge in [0.25, 0.3) is 0 Å². The van der Waals surface area contributed by atoms with Crippen LogP contribution < -0.4 is 14.4 Å². The lowest BCUT2D eigenvalue weighted by Crippen LogP contribution is -2.20. The van der Waals surface area contributed by atoms with Crippen molar-refractivity contribution < 1.29 is 9.47 Å². The fourth-order valence-corrected chi connectivity index (χ4v) is 12.1. The third-order valence-corrected chi connectivity index (χ3v) is 15.6. The smallest absolute Gasteiger partial charge is 0.157 e. The zero-order chi connectivity index (χ0) is 50.6. The van der Waals surface area contributed by atoms with Crippen molar-refractivity contribution in [2.45, 2.75) is 0 Å². The lowest BCUT2D eigenvalue weighted by atomic mass is 9.93. The molecule has 2 aliphatic rings. The summed E-state index contributed by atoms with van der Waals surface area (Å²) in [5.41, 5.74) is 21.2. The summed E-state index contributed by atoms with van der Waals surface area (Å²) in [5, 5.41) is 4.74. The van der Waals surface area contributed by atoms with Crippen molar-refractivity contribution in [2.75, 3.05) is 4.90 Å². The first kappa shape index (κ1) is 43.1. The van der Waals surface area contributed by atoms with E-state index in [1.165, 1.54) is 60.5 Å². The van der Waals surface area contributed by atoms with Crippen LogP contribution in [0.4, 0.5) is 17.1 Å². The van der Waals surface area contributed by atoms with Gasteiger partial charge in [-0.15, -0.1) is 0 Å². The highest BCUT2D eigenvalue weighted by Crippen LogP contribution is 2.60. The van der Waals surface area contributed by atoms with Crippen molar-refractivity contribution in [3.8, 4) is 90.0 Å². The summed E-state index contributed by atoms with van der Waals surface area (Å²) in [7, 11) is 0. The zero-order valence-corrected chi connectivity index (χ0v) is 41.6. The molecule has 14 aromatic rings. The second-order valence-corrected chi connectivity index (χ2v) is 20.1. The first-order valence-electron chi connectivity index (χ1n) is 26.2. The van der Waals surface area contributed by atoms with Gasteiger partial charge in [-0.05, 0) is 153 Å². The molecule has 0 atom stereocenters. The molecule has 5 nitrogen and oxygen atoms in total. The lowest BCUT2D eigenvalue weighted by molar-refractivity contribution is 0.445. The van der Waals surface area contributed by atoms with Gasteiger partial charge in [0.1, 0.15) is 5.69 Å². The molecule has 77 heavy (non-hydrogen) atoms. The van der Waals surface area contributed by atoms with E-state index < -0.39 is 0 Å². The Kier molecular flexibility index (Phi) is 9.57. The van der Waals surface area contributed by atoms with Crippen molar-refractivity contribution in [3.05, 3.63) is 273 Å². The third-order valence-electron chi connectivity index (χ3n) is 15.6. The van der Waals surface area contributed by atoms with Crippen LogP contribution in [-0.2, 0) is 0 Å². The Labute approximate surface area is 444 Å². The monoisotopic (exact) mass is 983 g/mol. The van der Waals surface area contributed by atoms with Gasteiger partial charge in [-0.3, -0.25) is 4.90 Å². The van der Waals surface area contributed by atoms with Gasteiger partial charge >= 0.3 is 0 Å². The molecule has 0 saturated heterocycles. The van der Waals surface area contributed by atoms with Crippen molar-refractivity contribution in [3.63, 3.8) is 0 Å². The molecule has 0 spiro atoms. The molecule has 0 saturated carbocycles. The van der Waals surface area contributed by atoms with E-state index in [2.05, 4.69) is 263 Å². The van der Waals surface area contributed by atoms with Gasteiger partial charge in [-0.2, -0.15) is 0 Å². The van der Waals surface area contributed by atoms with E-state index in [-0.39, 0.29) is 0 Å². The lowest BCUT2D eigenvalue weighted by Gasteiger charge is -2.38. The van der Waals surface area contributed by atoms with Crippen LogP contribution in [0.25, 0.3) is 111 Å². The van der Waals surface area contributed by atoms with E-state index >= 15 is 0 Å². The summed E-state index contributed by atoms with van der Waals surface area (Å²) in [4.78, 5) is 2.27. The number of hydrogen-bond acceptors (Lipinski definition) is 3. The molecule has 0 N–H and O–H groups in total. The number of para-hydroxylation sites is 5. The molecule has 2 aliphatic heterocycles. The highest BCUT2D eigenvalue weighted by Gasteiger charge is 2.35. The molecule has 0 fully saturated rings. The number of benzene rings is 12. The standard InChI is InChI=1S/C72H45N3O2/c1-4-17-46(18-5-1)50-31-34-64-60(41-50)61-43-52(33-36-65(61)73(64)56-24-16-23-49(40-56)55-38-53(47-19-6-2-7-20-47)37-54(39-55)48-21-8-3-9-22-48)51-32-35-63-59(42-51)58-25-10-11-26-62(58)74(63)57-44-70-72-71(45-57)77-69-30-15-13-28-67(69)75(72)66-27-12-14-29-68(66)76-70/h1-45H. The van der Waals surface area contributed by atoms with Crippen molar-refractivity contribution in [1.29, 1.82) is 0 Å². The minimum atomic E-state index is 0.748. The quantitative estimate of drug-likeness (QED) is 0.159. The molecule has 2 aromatic heterocycles. The Hall–Kier alpha value is -10.4. The molecule has 360 valence electrons. The van der Waals surface area contributed by atoms with E-state index in [4.69, 9.17) is 9.47 Å². The highest BCUT2D eigenvalue weighted by molar-refractivity contribution is 6.13. The average Bonchev–Trinajstić information content (AvgIpc) is 4.01. The SMILES string of the molecule is c1ccc(-c2cc(-c3ccccc3)cc(-c3cccc(-n4c5ccc(-c6ccccc6)cc5c5cc(-c6ccc7c(c6)c6ccccc6n7-c6cc7c8c(c6)Oc6ccccc6N8c6ccccc6O7)ccc54)c3)c2)cc1. The van der Waals surface area contributed by atoms with E-state index in [9.17, 15) is 0 Å². The Balaban J connectivity index is 0.841. The van der Waals surface area contributed by atoms with Gasteiger partial charge in [0, 0.05) is 39.4 Å². The predicted molar refractivity (Wildman–Crippen MR) is 317 cm³/mol. The largest absolute Gasteiger partial charge is 0.453 e. The molecule has 0 unspecified atom stereocenters. The Morgan fingerprint density at radius 2 is 0.610 bits per heavy atom. The third kappa shape index (κ3) is 6.95. The highest BCUT2D eigenvalue weighted by atomic mass is 16.5. The number of ether oxygens (including phenoxy) is 2. The van der Waals surface area contributed by atoms with Crippen LogP contribution in [0.5, 0.6) is 23.0 Å². The fourth-order valence-electron chi connectivity index (χ4n) is 12.1. The van der Waals surface area contributed by atoms with E-state index in [1.807, 2.05) is 24.3 Å². The molecule has 0 radical (unpaired) electrons. The minimum Gasteiger partial charge on any atom is -0.453 e. The van der Waals surface area contributed by atoms with Crippen LogP contribution >= 0.6 is 0 Å². The fraction of sp³-hybridized carbons (Fsp3) is 0. The maximum Gasteiger partial charge on any atom is 0.157 e. The van der Waals surface area contributed by atoms with Crippen molar-refractivity contribution in [2.24, 2.45) is 0 Å². The van der Waals surface area contributed by atoms with Crippen molar-refractivity contribution >= 4 is 60.7 Å². The number of rotatable bonds is 7. The summed E-state index contributed by atoms with van der Waals surface area (Å²) in [6.45, 7) is 0. The molecular weight excluding hydrogens is 939 g/mol. The molecule has 0 bridgehead atoms. The van der Waals surface area contributed by atoms with Crippen LogP contribution in [0.2, 0.25) is 0 Å². The molecule has 0 amide bonds. The van der Waals surface area contributed by atoms with Crippen LogP contribution in [0, 0.1) is 0 Å². The molecule has 4 heterocycles. The summed E-state index contributed by atoms with van der Waals surface area (Å²) >= 11 is 0. The molecule has 0 aliphatic carbocycles. The van der Waals surface area contributed by atoms with Gasteiger partial charge < -0.3 is 18.6 Å². The van der Waals surface area contributed by atoms with E-state index in [0.29, 0.717) is 0 Å². The van der Waals surface area contributed by atoms with Crippen LogP contribution in [0.15, 0.2) is 273 Å². The number of fused-ring (bicyclic) bond motifs is 10. The number of nitrogens with zero attached hydrogens (tertiary/aromatic N) is 3. The Bertz CT molecular complexity index is 4560. The first-order valence-corrected chi connectivity index (χ1v) is 26.2. The maximum absolute atomic E-state index is 6.74.